The maximum atomic E-state index is 14.0. The molecule has 1 aliphatic rings. The van der Waals surface area contributed by atoms with Crippen molar-refractivity contribution in [3.63, 3.8) is 0 Å². The molecule has 0 saturated carbocycles. The normalized spacial score (nSPS) is 14.6. The number of carbonyl (C=O) groups is 1. The number of rotatable bonds is 7. The van der Waals surface area contributed by atoms with Gasteiger partial charge in [-0.3, -0.25) is 15.2 Å². The van der Waals surface area contributed by atoms with Gasteiger partial charge in [-0.15, -0.1) is 0 Å². The minimum absolute atomic E-state index is 0.0383. The number of imidazole rings is 1. The third kappa shape index (κ3) is 5.76. The van der Waals surface area contributed by atoms with Crippen molar-refractivity contribution in [2.24, 2.45) is 0 Å². The van der Waals surface area contributed by atoms with Crippen LogP contribution in [0, 0.1) is 12.7 Å². The first kappa shape index (κ1) is 26.5. The van der Waals surface area contributed by atoms with Crippen LogP contribution in [-0.4, -0.2) is 68.3 Å². The van der Waals surface area contributed by atoms with Gasteiger partial charge in [-0.05, 0) is 66.6 Å². The Morgan fingerprint density at radius 2 is 1.90 bits per heavy atom. The van der Waals surface area contributed by atoms with E-state index < -0.39 is 0 Å². The highest BCUT2D eigenvalue weighted by Crippen LogP contribution is 2.33. The second-order valence-corrected chi connectivity index (χ2v) is 9.78. The number of nitrogens with zero attached hydrogens (tertiary/aromatic N) is 6. The Labute approximate surface area is 236 Å². The Hall–Kier alpha value is -4.74. The molecule has 1 unspecified atom stereocenters. The molecule has 1 aromatic carbocycles. The van der Waals surface area contributed by atoms with Crippen molar-refractivity contribution in [2.75, 3.05) is 38.2 Å². The number of anilines is 1. The number of aryl methyl sites for hydroxylation is 1. The SMILES string of the molecule is Cc1cc(-c2nc3cccnn3c2-c2ccnc(NC(=O)NCC(c3cccnc3)N3CCOCC3)c2)ccc1F. The van der Waals surface area contributed by atoms with Crippen molar-refractivity contribution < 1.29 is 13.9 Å². The van der Waals surface area contributed by atoms with Gasteiger partial charge in [0.25, 0.3) is 0 Å². The van der Waals surface area contributed by atoms with Crippen LogP contribution < -0.4 is 10.6 Å². The molecule has 5 aromatic rings. The number of aromatic nitrogens is 5. The number of morpholine rings is 1. The summed E-state index contributed by atoms with van der Waals surface area (Å²) in [6.45, 7) is 4.96. The molecule has 4 aromatic heterocycles. The minimum Gasteiger partial charge on any atom is -0.379 e. The highest BCUT2D eigenvalue weighted by atomic mass is 19.1. The molecule has 1 saturated heterocycles. The average molecular weight is 553 g/mol. The quantitative estimate of drug-likeness (QED) is 0.306. The Balaban J connectivity index is 1.24. The lowest BCUT2D eigenvalue weighted by Crippen LogP contribution is -2.44. The van der Waals surface area contributed by atoms with Crippen LogP contribution >= 0.6 is 0 Å². The molecule has 10 nitrogen and oxygen atoms in total. The van der Waals surface area contributed by atoms with Gasteiger partial charge in [0.2, 0.25) is 0 Å². The lowest BCUT2D eigenvalue weighted by atomic mass is 10.0. The van der Waals surface area contributed by atoms with Crippen LogP contribution in [0.3, 0.4) is 0 Å². The van der Waals surface area contributed by atoms with Gasteiger partial charge in [-0.1, -0.05) is 6.07 Å². The molecular weight excluding hydrogens is 523 g/mol. The number of carbonyl (C=O) groups excluding carboxylic acids is 1. The fourth-order valence-electron chi connectivity index (χ4n) is 5.06. The molecule has 0 radical (unpaired) electrons. The van der Waals surface area contributed by atoms with Gasteiger partial charge >= 0.3 is 6.03 Å². The van der Waals surface area contributed by atoms with E-state index in [9.17, 15) is 9.18 Å². The van der Waals surface area contributed by atoms with Crippen molar-refractivity contribution in [2.45, 2.75) is 13.0 Å². The third-order valence-corrected chi connectivity index (χ3v) is 7.11. The van der Waals surface area contributed by atoms with E-state index in [1.54, 1.807) is 48.2 Å². The number of ether oxygens (including phenoxy) is 1. The molecule has 1 fully saturated rings. The van der Waals surface area contributed by atoms with Crippen LogP contribution in [0.1, 0.15) is 17.2 Å². The summed E-state index contributed by atoms with van der Waals surface area (Å²) in [6, 6.07) is 15.7. The van der Waals surface area contributed by atoms with Gasteiger partial charge < -0.3 is 10.1 Å². The summed E-state index contributed by atoms with van der Waals surface area (Å²) >= 11 is 0. The van der Waals surface area contributed by atoms with E-state index in [0.29, 0.717) is 48.2 Å². The highest BCUT2D eigenvalue weighted by molar-refractivity contribution is 5.90. The fraction of sp³-hybridized carbons (Fsp3) is 0.233. The zero-order valence-corrected chi connectivity index (χ0v) is 22.5. The summed E-state index contributed by atoms with van der Waals surface area (Å²) in [5, 5.41) is 10.3. The van der Waals surface area contributed by atoms with E-state index in [-0.39, 0.29) is 17.9 Å². The van der Waals surface area contributed by atoms with Gasteiger partial charge in [0.15, 0.2) is 5.65 Å². The highest BCUT2D eigenvalue weighted by Gasteiger charge is 2.24. The number of benzene rings is 1. The number of hydrogen-bond donors (Lipinski definition) is 2. The van der Waals surface area contributed by atoms with Crippen molar-refractivity contribution >= 4 is 17.5 Å². The Bertz CT molecular complexity index is 1670. The molecule has 208 valence electrons. The molecule has 41 heavy (non-hydrogen) atoms. The molecule has 6 rings (SSSR count). The molecule has 1 atom stereocenters. The van der Waals surface area contributed by atoms with Gasteiger partial charge in [0, 0.05) is 55.5 Å². The second kappa shape index (κ2) is 11.8. The number of hydrogen-bond acceptors (Lipinski definition) is 7. The lowest BCUT2D eigenvalue weighted by Gasteiger charge is -2.34. The number of urea groups is 1. The molecule has 0 spiro atoms. The van der Waals surface area contributed by atoms with E-state index >= 15 is 0 Å². The van der Waals surface area contributed by atoms with E-state index in [1.165, 1.54) is 6.07 Å². The van der Waals surface area contributed by atoms with Gasteiger partial charge in [0.1, 0.15) is 17.3 Å². The third-order valence-electron chi connectivity index (χ3n) is 7.11. The molecule has 2 amide bonds. The predicted octanol–water partition coefficient (Wildman–Crippen LogP) is 4.50. The number of nitrogens with one attached hydrogen (secondary N) is 2. The monoisotopic (exact) mass is 552 g/mol. The van der Waals surface area contributed by atoms with Crippen LogP contribution in [0.2, 0.25) is 0 Å². The number of pyridine rings is 2. The van der Waals surface area contributed by atoms with Gasteiger partial charge in [0.05, 0.1) is 24.9 Å². The largest absolute Gasteiger partial charge is 0.379 e. The van der Waals surface area contributed by atoms with Crippen molar-refractivity contribution in [3.8, 4) is 22.5 Å². The first-order valence-corrected chi connectivity index (χ1v) is 13.4. The van der Waals surface area contributed by atoms with Gasteiger partial charge in [-0.25, -0.2) is 23.7 Å². The molecule has 1 aliphatic heterocycles. The topological polar surface area (TPSA) is 110 Å². The van der Waals surface area contributed by atoms with E-state index in [0.717, 1.165) is 29.8 Å². The van der Waals surface area contributed by atoms with Crippen LogP contribution in [0.15, 0.2) is 79.4 Å². The van der Waals surface area contributed by atoms with Crippen LogP contribution in [0.4, 0.5) is 15.0 Å². The van der Waals surface area contributed by atoms with E-state index in [2.05, 4.69) is 30.6 Å². The van der Waals surface area contributed by atoms with E-state index in [4.69, 9.17) is 9.72 Å². The summed E-state index contributed by atoms with van der Waals surface area (Å²) in [7, 11) is 0. The van der Waals surface area contributed by atoms with Crippen LogP contribution in [0.5, 0.6) is 0 Å². The van der Waals surface area contributed by atoms with Crippen LogP contribution in [0.25, 0.3) is 28.2 Å². The van der Waals surface area contributed by atoms with Crippen molar-refractivity contribution in [3.05, 3.63) is 96.3 Å². The lowest BCUT2D eigenvalue weighted by molar-refractivity contribution is 0.0167. The maximum absolute atomic E-state index is 14.0. The molecule has 2 N–H and O–H groups in total. The Kier molecular flexibility index (Phi) is 7.61. The van der Waals surface area contributed by atoms with Crippen molar-refractivity contribution in [1.82, 2.24) is 34.8 Å². The zero-order chi connectivity index (χ0) is 28.2. The Morgan fingerprint density at radius 1 is 1.05 bits per heavy atom. The smallest absolute Gasteiger partial charge is 0.320 e. The fourth-order valence-corrected chi connectivity index (χ4v) is 5.06. The average Bonchev–Trinajstić information content (AvgIpc) is 3.40. The summed E-state index contributed by atoms with van der Waals surface area (Å²) in [5.74, 6) is 0.0920. The zero-order valence-electron chi connectivity index (χ0n) is 22.5. The molecule has 5 heterocycles. The van der Waals surface area contributed by atoms with Crippen LogP contribution in [-0.2, 0) is 4.74 Å². The first-order chi connectivity index (χ1) is 20.1. The number of fused-ring (bicyclic) bond motifs is 1. The predicted molar refractivity (Wildman–Crippen MR) is 153 cm³/mol. The Morgan fingerprint density at radius 3 is 2.71 bits per heavy atom. The van der Waals surface area contributed by atoms with Gasteiger partial charge in [-0.2, -0.15) is 5.10 Å². The molecular formula is C30H29FN8O2. The number of halogens is 1. The summed E-state index contributed by atoms with van der Waals surface area (Å²) in [4.78, 5) is 28.7. The molecule has 0 bridgehead atoms. The molecule has 0 aliphatic carbocycles. The van der Waals surface area contributed by atoms with E-state index in [1.807, 2.05) is 36.5 Å². The summed E-state index contributed by atoms with van der Waals surface area (Å²) in [6.07, 6.45) is 6.87. The number of amides is 2. The maximum Gasteiger partial charge on any atom is 0.320 e. The second-order valence-electron chi connectivity index (χ2n) is 9.78. The minimum atomic E-state index is -0.373. The standard InChI is InChI=1S/C30H29FN8O2/c1-20-16-21(6-7-24(20)31)28-29(39-27(37-28)5-3-10-35-39)22-8-11-33-26(17-22)36-30(40)34-19-25(23-4-2-9-32-18-23)38-12-14-41-15-13-38/h2-11,16-18,25H,12-15,19H2,1H3,(H2,33,34,36,40). The summed E-state index contributed by atoms with van der Waals surface area (Å²) < 4.78 is 21.3. The van der Waals surface area contributed by atoms with Crippen molar-refractivity contribution in [1.29, 1.82) is 0 Å². The first-order valence-electron chi connectivity index (χ1n) is 13.4. The molecule has 11 heteroatoms. The summed E-state index contributed by atoms with van der Waals surface area (Å²) in [5.41, 5.74) is 5.07.